The van der Waals surface area contributed by atoms with Crippen molar-refractivity contribution in [2.45, 2.75) is 20.8 Å². The number of aryl methyl sites for hydroxylation is 3. The molecule has 0 aliphatic heterocycles. The van der Waals surface area contributed by atoms with Crippen LogP contribution in [0.25, 0.3) is 0 Å². The van der Waals surface area contributed by atoms with Gasteiger partial charge in [-0.15, -0.1) is 0 Å². The number of nitrogens with zero attached hydrogens (tertiary/aromatic N) is 1. The Morgan fingerprint density at radius 2 is 0.941 bits per heavy atom. The first-order valence-electron chi connectivity index (χ1n) is 5.62. The SMILES string of the molecule is Cc1ccc(C#N)cc1.Cc1ccc(C)cc1. The Labute approximate surface area is 103 Å². The molecule has 0 amide bonds. The molecule has 0 saturated carbocycles. The Balaban J connectivity index is 0.000000171. The lowest BCUT2D eigenvalue weighted by Crippen LogP contribution is -1.72. The Morgan fingerprint density at radius 1 is 0.647 bits per heavy atom. The van der Waals surface area contributed by atoms with E-state index in [-0.39, 0.29) is 0 Å². The molecule has 2 rings (SSSR count). The van der Waals surface area contributed by atoms with Crippen LogP contribution in [0.3, 0.4) is 0 Å². The first kappa shape index (κ1) is 13.0. The van der Waals surface area contributed by atoms with Gasteiger partial charge in [0, 0.05) is 0 Å². The van der Waals surface area contributed by atoms with Crippen molar-refractivity contribution in [3.63, 3.8) is 0 Å². The second kappa shape index (κ2) is 6.50. The van der Waals surface area contributed by atoms with E-state index in [2.05, 4.69) is 44.2 Å². The Kier molecular flexibility index (Phi) is 4.97. The second-order valence-corrected chi connectivity index (χ2v) is 4.13. The lowest BCUT2D eigenvalue weighted by atomic mass is 10.2. The monoisotopic (exact) mass is 223 g/mol. The lowest BCUT2D eigenvalue weighted by Gasteiger charge is -1.90. The third-order valence-corrected chi connectivity index (χ3v) is 2.40. The molecule has 86 valence electrons. The van der Waals surface area contributed by atoms with E-state index < -0.39 is 0 Å². The van der Waals surface area contributed by atoms with Crippen LogP contribution in [0.5, 0.6) is 0 Å². The third-order valence-electron chi connectivity index (χ3n) is 2.40. The molecule has 0 aromatic heterocycles. The molecule has 0 radical (unpaired) electrons. The van der Waals surface area contributed by atoms with Gasteiger partial charge >= 0.3 is 0 Å². The summed E-state index contributed by atoms with van der Waals surface area (Å²) in [6, 6.07) is 18.0. The van der Waals surface area contributed by atoms with Gasteiger partial charge in [-0.3, -0.25) is 0 Å². The summed E-state index contributed by atoms with van der Waals surface area (Å²) in [4.78, 5) is 0. The van der Waals surface area contributed by atoms with Crippen molar-refractivity contribution in [1.82, 2.24) is 0 Å². The van der Waals surface area contributed by atoms with Crippen molar-refractivity contribution >= 4 is 0 Å². The van der Waals surface area contributed by atoms with Gasteiger partial charge in [-0.25, -0.2) is 0 Å². The van der Waals surface area contributed by atoms with Gasteiger partial charge in [0.2, 0.25) is 0 Å². The minimum atomic E-state index is 0.723. The van der Waals surface area contributed by atoms with E-state index in [1.54, 1.807) is 0 Å². The highest BCUT2D eigenvalue weighted by Crippen LogP contribution is 2.00. The molecule has 0 aliphatic rings. The fourth-order valence-electron chi connectivity index (χ4n) is 1.26. The fraction of sp³-hybridized carbons (Fsp3) is 0.188. The number of hydrogen-bond acceptors (Lipinski definition) is 1. The summed E-state index contributed by atoms with van der Waals surface area (Å²) >= 11 is 0. The van der Waals surface area contributed by atoms with Gasteiger partial charge in [-0.1, -0.05) is 53.1 Å². The highest BCUT2D eigenvalue weighted by Gasteiger charge is 1.85. The third kappa shape index (κ3) is 4.99. The van der Waals surface area contributed by atoms with Crippen molar-refractivity contribution in [3.8, 4) is 6.07 Å². The van der Waals surface area contributed by atoms with Crippen LogP contribution in [0, 0.1) is 32.1 Å². The summed E-state index contributed by atoms with van der Waals surface area (Å²) in [7, 11) is 0. The van der Waals surface area contributed by atoms with Crippen molar-refractivity contribution in [3.05, 3.63) is 70.8 Å². The number of rotatable bonds is 0. The van der Waals surface area contributed by atoms with Gasteiger partial charge in [0.25, 0.3) is 0 Å². The van der Waals surface area contributed by atoms with Crippen LogP contribution in [-0.2, 0) is 0 Å². The van der Waals surface area contributed by atoms with Crippen LogP contribution >= 0.6 is 0 Å². The molecule has 0 aliphatic carbocycles. The van der Waals surface area contributed by atoms with Gasteiger partial charge < -0.3 is 0 Å². The van der Waals surface area contributed by atoms with Crippen molar-refractivity contribution in [2.75, 3.05) is 0 Å². The van der Waals surface area contributed by atoms with E-state index in [4.69, 9.17) is 5.26 Å². The topological polar surface area (TPSA) is 23.8 Å². The first-order chi connectivity index (χ1) is 8.11. The van der Waals surface area contributed by atoms with Crippen molar-refractivity contribution in [2.24, 2.45) is 0 Å². The maximum atomic E-state index is 8.38. The van der Waals surface area contributed by atoms with Gasteiger partial charge in [0.1, 0.15) is 0 Å². The maximum Gasteiger partial charge on any atom is 0.0991 e. The van der Waals surface area contributed by atoms with Gasteiger partial charge in [-0.05, 0) is 32.9 Å². The highest BCUT2D eigenvalue weighted by molar-refractivity contribution is 5.30. The zero-order valence-electron chi connectivity index (χ0n) is 10.6. The molecule has 0 saturated heterocycles. The summed E-state index contributed by atoms with van der Waals surface area (Å²) in [5, 5.41) is 8.38. The van der Waals surface area contributed by atoms with Crippen LogP contribution in [-0.4, -0.2) is 0 Å². The second-order valence-electron chi connectivity index (χ2n) is 4.13. The average molecular weight is 223 g/mol. The van der Waals surface area contributed by atoms with Crippen molar-refractivity contribution in [1.29, 1.82) is 5.26 Å². The minimum Gasteiger partial charge on any atom is -0.192 e. The molecule has 0 atom stereocenters. The number of hydrogen-bond donors (Lipinski definition) is 0. The van der Waals surface area contributed by atoms with E-state index in [0.717, 1.165) is 5.56 Å². The highest BCUT2D eigenvalue weighted by atomic mass is 14.2. The fourth-order valence-corrected chi connectivity index (χ4v) is 1.26. The van der Waals surface area contributed by atoms with Crippen LogP contribution in [0.2, 0.25) is 0 Å². The predicted octanol–water partition coefficient (Wildman–Crippen LogP) is 4.17. The quantitative estimate of drug-likeness (QED) is 0.657. The van der Waals surface area contributed by atoms with Crippen LogP contribution < -0.4 is 0 Å². The number of benzene rings is 2. The summed E-state index contributed by atoms with van der Waals surface area (Å²) in [5.41, 5.74) is 4.57. The standard InChI is InChI=1S/C8H7N.C8H10/c1-7-2-4-8(6-9)5-3-7;1-7-3-5-8(2)6-4-7/h2-5H,1H3;3-6H,1-2H3. The molecular formula is C16H17N. The normalized spacial score (nSPS) is 8.82. The molecule has 2 aromatic carbocycles. The summed E-state index contributed by atoms with van der Waals surface area (Å²) in [5.74, 6) is 0. The molecule has 0 unspecified atom stereocenters. The Bertz CT molecular complexity index is 466. The minimum absolute atomic E-state index is 0.723. The molecule has 1 heteroatoms. The predicted molar refractivity (Wildman–Crippen MR) is 71.8 cm³/mol. The Morgan fingerprint density at radius 3 is 1.24 bits per heavy atom. The Hall–Kier alpha value is -2.07. The van der Waals surface area contributed by atoms with E-state index in [1.165, 1.54) is 16.7 Å². The summed E-state index contributed by atoms with van der Waals surface area (Å²) < 4.78 is 0. The molecule has 0 fully saturated rings. The molecule has 17 heavy (non-hydrogen) atoms. The molecule has 0 bridgehead atoms. The summed E-state index contributed by atoms with van der Waals surface area (Å²) in [6.07, 6.45) is 0. The van der Waals surface area contributed by atoms with Gasteiger partial charge in [0.05, 0.1) is 11.6 Å². The maximum absolute atomic E-state index is 8.38. The van der Waals surface area contributed by atoms with E-state index in [1.807, 2.05) is 31.2 Å². The smallest absolute Gasteiger partial charge is 0.0991 e. The van der Waals surface area contributed by atoms with Crippen LogP contribution in [0.4, 0.5) is 0 Å². The zero-order chi connectivity index (χ0) is 12.7. The molecule has 0 N–H and O–H groups in total. The molecule has 1 nitrogen and oxygen atoms in total. The zero-order valence-corrected chi connectivity index (χ0v) is 10.6. The van der Waals surface area contributed by atoms with Gasteiger partial charge in [0.15, 0.2) is 0 Å². The molecule has 2 aromatic rings. The first-order valence-corrected chi connectivity index (χ1v) is 5.62. The summed E-state index contributed by atoms with van der Waals surface area (Å²) in [6.45, 7) is 6.19. The molecule has 0 spiro atoms. The van der Waals surface area contributed by atoms with Gasteiger partial charge in [-0.2, -0.15) is 5.26 Å². The van der Waals surface area contributed by atoms with Crippen LogP contribution in [0.1, 0.15) is 22.3 Å². The van der Waals surface area contributed by atoms with Crippen molar-refractivity contribution < 1.29 is 0 Å². The lowest BCUT2D eigenvalue weighted by molar-refractivity contribution is 1.40. The largest absolute Gasteiger partial charge is 0.192 e. The molecule has 0 heterocycles. The number of nitriles is 1. The van der Waals surface area contributed by atoms with E-state index >= 15 is 0 Å². The van der Waals surface area contributed by atoms with E-state index in [9.17, 15) is 0 Å². The molecular weight excluding hydrogens is 206 g/mol. The average Bonchev–Trinajstić information content (AvgIpc) is 2.35. The van der Waals surface area contributed by atoms with Crippen LogP contribution in [0.15, 0.2) is 48.5 Å². The van der Waals surface area contributed by atoms with E-state index in [0.29, 0.717) is 0 Å².